The van der Waals surface area contributed by atoms with Crippen LogP contribution in [0.2, 0.25) is 0 Å². The van der Waals surface area contributed by atoms with Gasteiger partial charge in [0, 0.05) is 0 Å². The fourth-order valence-electron chi connectivity index (χ4n) is 2.55. The molecule has 0 saturated heterocycles. The van der Waals surface area contributed by atoms with Crippen LogP contribution in [-0.4, -0.2) is 0 Å². The van der Waals surface area contributed by atoms with Crippen molar-refractivity contribution in [1.82, 2.24) is 0 Å². The van der Waals surface area contributed by atoms with E-state index in [1.54, 1.807) is 0 Å². The van der Waals surface area contributed by atoms with Crippen molar-refractivity contribution in [2.45, 2.75) is 55.4 Å². The van der Waals surface area contributed by atoms with Crippen LogP contribution in [-0.2, 0) is 0 Å². The quantitative estimate of drug-likeness (QED) is 0.168. The van der Waals surface area contributed by atoms with E-state index in [0.717, 1.165) is 0 Å². The number of hydrogen-bond acceptors (Lipinski definition) is 0. The lowest BCUT2D eigenvalue weighted by molar-refractivity contribution is 1.40. The van der Waals surface area contributed by atoms with E-state index in [9.17, 15) is 0 Å². The van der Waals surface area contributed by atoms with Crippen molar-refractivity contribution in [3.8, 4) is 0 Å². The summed E-state index contributed by atoms with van der Waals surface area (Å²) in [5.74, 6) is 0. The summed E-state index contributed by atoms with van der Waals surface area (Å²) in [5.41, 5.74) is 10.6. The fraction of sp³-hybridized carbons (Fsp3) is 0.250. The summed E-state index contributed by atoms with van der Waals surface area (Å²) < 4.78 is 0. The normalized spacial score (nSPS) is 8.22. The predicted molar refractivity (Wildman–Crippen MR) is 185 cm³/mol. The van der Waals surface area contributed by atoms with Crippen molar-refractivity contribution in [3.05, 3.63) is 142 Å². The molecule has 0 amide bonds. The molecule has 4 rings (SSSR count). The zero-order valence-electron chi connectivity index (χ0n) is 22.9. The highest BCUT2D eigenvalue weighted by Gasteiger charge is 1.82. The third kappa shape index (κ3) is 22.0. The average molecular weight is 748 g/mol. The SMILES string of the molecule is Br.Br.Br.Br.Cc1ccc(C)cc1.Cc1ccc(C)cc1.Cc1ccc(C)cc1.Cc1ccc(C)cc1. The van der Waals surface area contributed by atoms with Crippen molar-refractivity contribution >= 4 is 67.9 Å². The van der Waals surface area contributed by atoms with E-state index in [0.29, 0.717) is 0 Å². The molecule has 4 aromatic rings. The summed E-state index contributed by atoms with van der Waals surface area (Å²) in [7, 11) is 0. The number of aryl methyl sites for hydroxylation is 8. The second kappa shape index (κ2) is 24.2. The van der Waals surface area contributed by atoms with Crippen LogP contribution in [0.5, 0.6) is 0 Å². The highest BCUT2D eigenvalue weighted by atomic mass is 79.9. The summed E-state index contributed by atoms with van der Waals surface area (Å²) in [6, 6.07) is 33.9. The molecule has 0 aromatic heterocycles. The summed E-state index contributed by atoms with van der Waals surface area (Å²) >= 11 is 0. The fourth-order valence-corrected chi connectivity index (χ4v) is 2.55. The lowest BCUT2D eigenvalue weighted by Gasteiger charge is -1.90. The first-order chi connectivity index (χ1) is 15.2. The molecule has 36 heavy (non-hydrogen) atoms. The molecule has 0 nitrogen and oxygen atoms in total. The highest BCUT2D eigenvalue weighted by Crippen LogP contribution is 2.01. The van der Waals surface area contributed by atoms with Crippen LogP contribution in [0.4, 0.5) is 0 Å². The summed E-state index contributed by atoms with van der Waals surface area (Å²) in [4.78, 5) is 0. The van der Waals surface area contributed by atoms with Gasteiger partial charge in [-0.05, 0) is 55.4 Å². The van der Waals surface area contributed by atoms with Gasteiger partial charge in [0.05, 0.1) is 0 Å². The van der Waals surface area contributed by atoms with Crippen LogP contribution >= 0.6 is 67.9 Å². The lowest BCUT2D eigenvalue weighted by Crippen LogP contribution is -1.70. The van der Waals surface area contributed by atoms with E-state index in [4.69, 9.17) is 0 Å². The van der Waals surface area contributed by atoms with Crippen LogP contribution in [0.1, 0.15) is 44.5 Å². The molecule has 4 aromatic carbocycles. The van der Waals surface area contributed by atoms with Crippen LogP contribution in [0.15, 0.2) is 97.1 Å². The molecule has 0 aliphatic heterocycles. The van der Waals surface area contributed by atoms with Gasteiger partial charge in [0.2, 0.25) is 0 Å². The summed E-state index contributed by atoms with van der Waals surface area (Å²) in [6.07, 6.45) is 0. The summed E-state index contributed by atoms with van der Waals surface area (Å²) in [5, 5.41) is 0. The molecule has 0 saturated carbocycles. The van der Waals surface area contributed by atoms with Crippen molar-refractivity contribution < 1.29 is 0 Å². The standard InChI is InChI=1S/4C8H10.4BrH/c4*1-7-3-5-8(2)6-4-7;;;;/h4*3-6H,1-2H3;4*1H. The van der Waals surface area contributed by atoms with Gasteiger partial charge in [0.15, 0.2) is 0 Å². The maximum absolute atomic E-state index is 2.12. The molecule has 0 bridgehead atoms. The van der Waals surface area contributed by atoms with Crippen molar-refractivity contribution in [2.75, 3.05) is 0 Å². The zero-order valence-corrected chi connectivity index (χ0v) is 29.7. The first-order valence-corrected chi connectivity index (χ1v) is 11.3. The second-order valence-electron chi connectivity index (χ2n) is 8.62. The van der Waals surface area contributed by atoms with Gasteiger partial charge in [-0.25, -0.2) is 0 Å². The molecule has 200 valence electrons. The van der Waals surface area contributed by atoms with E-state index in [2.05, 4.69) is 152 Å². The first kappa shape index (κ1) is 41.9. The Hall–Kier alpha value is -1.20. The Morgan fingerprint density at radius 2 is 0.250 bits per heavy atom. The third-order valence-corrected chi connectivity index (χ3v) is 4.87. The molecule has 0 aliphatic carbocycles. The van der Waals surface area contributed by atoms with Crippen LogP contribution in [0, 0.1) is 55.4 Å². The number of hydrogen-bond donors (Lipinski definition) is 0. The molecule has 4 heteroatoms. The smallest absolute Gasteiger partial charge is 0.0398 e. The van der Waals surface area contributed by atoms with Gasteiger partial charge in [-0.15, -0.1) is 67.9 Å². The van der Waals surface area contributed by atoms with E-state index in [-0.39, 0.29) is 67.9 Å². The Labute approximate surface area is 263 Å². The Morgan fingerprint density at radius 3 is 0.306 bits per heavy atom. The first-order valence-electron chi connectivity index (χ1n) is 11.3. The Bertz CT molecular complexity index is 748. The maximum Gasteiger partial charge on any atom is -0.0398 e. The molecule has 0 radical (unpaired) electrons. The molecular weight excluding hydrogens is 704 g/mol. The molecule has 0 unspecified atom stereocenters. The third-order valence-electron chi connectivity index (χ3n) is 4.87. The van der Waals surface area contributed by atoms with Gasteiger partial charge < -0.3 is 0 Å². The number of rotatable bonds is 0. The van der Waals surface area contributed by atoms with Crippen molar-refractivity contribution in [2.24, 2.45) is 0 Å². The van der Waals surface area contributed by atoms with Gasteiger partial charge in [-0.1, -0.05) is 142 Å². The number of benzene rings is 4. The minimum Gasteiger partial charge on any atom is -0.114 e. The molecule has 0 heterocycles. The Balaban J connectivity index is -0.000000183. The summed E-state index contributed by atoms with van der Waals surface area (Å²) in [6.45, 7) is 16.8. The minimum atomic E-state index is 0. The van der Waals surface area contributed by atoms with Gasteiger partial charge >= 0.3 is 0 Å². The van der Waals surface area contributed by atoms with E-state index >= 15 is 0 Å². The minimum absolute atomic E-state index is 0. The van der Waals surface area contributed by atoms with Gasteiger partial charge in [0.1, 0.15) is 0 Å². The van der Waals surface area contributed by atoms with Crippen molar-refractivity contribution in [1.29, 1.82) is 0 Å². The topological polar surface area (TPSA) is 0 Å². The number of halogens is 4. The monoisotopic (exact) mass is 744 g/mol. The Morgan fingerprint density at radius 1 is 0.194 bits per heavy atom. The van der Waals surface area contributed by atoms with E-state index in [1.165, 1.54) is 44.5 Å². The highest BCUT2D eigenvalue weighted by molar-refractivity contribution is 8.93. The largest absolute Gasteiger partial charge is 0.114 e. The van der Waals surface area contributed by atoms with Crippen LogP contribution in [0.3, 0.4) is 0 Å². The molecule has 0 aliphatic rings. The van der Waals surface area contributed by atoms with Gasteiger partial charge in [-0.2, -0.15) is 0 Å². The second-order valence-corrected chi connectivity index (χ2v) is 8.62. The van der Waals surface area contributed by atoms with Crippen LogP contribution in [0.25, 0.3) is 0 Å². The van der Waals surface area contributed by atoms with E-state index < -0.39 is 0 Å². The lowest BCUT2D eigenvalue weighted by atomic mass is 10.2. The van der Waals surface area contributed by atoms with E-state index in [1.807, 2.05) is 0 Å². The average Bonchev–Trinajstić information content (AvgIpc) is 2.78. The molecule has 0 atom stereocenters. The zero-order chi connectivity index (χ0) is 23.9. The Kier molecular flexibility index (Phi) is 28.1. The molecule has 0 fully saturated rings. The maximum atomic E-state index is 2.12. The van der Waals surface area contributed by atoms with Crippen LogP contribution < -0.4 is 0 Å². The van der Waals surface area contributed by atoms with Crippen molar-refractivity contribution in [3.63, 3.8) is 0 Å². The predicted octanol–water partition coefficient (Wildman–Crippen LogP) is 11.5. The van der Waals surface area contributed by atoms with Gasteiger partial charge in [-0.3, -0.25) is 0 Å². The molecule has 0 N–H and O–H groups in total. The van der Waals surface area contributed by atoms with Gasteiger partial charge in [0.25, 0.3) is 0 Å². The molecular formula is C32H44Br4. The molecule has 0 spiro atoms.